The molecular formula is H4AlGaOY. The van der Waals surface area contributed by atoms with Gasteiger partial charge in [-0.2, -0.15) is 0 Å². The van der Waals surface area contributed by atoms with E-state index in [0.29, 0.717) is 16.2 Å². The molecule has 0 aliphatic heterocycles. The fraction of sp³-hybridized carbons (Fsp3) is 0. The van der Waals surface area contributed by atoms with Crippen LogP contribution in [0.15, 0.2) is 0 Å². The molecule has 0 rings (SSSR count). The van der Waals surface area contributed by atoms with Crippen molar-refractivity contribution >= 4 is 36.0 Å². The van der Waals surface area contributed by atoms with E-state index in [2.05, 4.69) is 0 Å². The zero-order valence-corrected chi connectivity index (χ0v) is 5.95. The van der Waals surface area contributed by atoms with Crippen LogP contribution < -0.4 is 0 Å². The van der Waals surface area contributed by atoms with Crippen LogP contribution >= 0.6 is 0 Å². The van der Waals surface area contributed by atoms with Crippen molar-refractivity contribution in [3.63, 3.8) is 0 Å². The number of rotatable bonds is 0. The zero-order chi connectivity index (χ0) is 2.00. The summed E-state index contributed by atoms with van der Waals surface area (Å²) >= 11 is 0.611. The monoisotopic (exact) mass is 205 g/mol. The summed E-state index contributed by atoms with van der Waals surface area (Å²) in [6.07, 6.45) is 0. The second kappa shape index (κ2) is 19.6. The standard InChI is InChI=1S/Al.Ga.O.Y.4H. The van der Waals surface area contributed by atoms with E-state index in [4.69, 9.17) is 3.80 Å². The van der Waals surface area contributed by atoms with Crippen LogP contribution in [0.5, 0.6) is 0 Å². The van der Waals surface area contributed by atoms with Crippen LogP contribution in [-0.4, -0.2) is 36.0 Å². The summed E-state index contributed by atoms with van der Waals surface area (Å²) in [6, 6.07) is 0. The average Bonchev–Trinajstić information content (AvgIpc) is 1.00. The maximum Gasteiger partial charge on any atom is 0 e. The molecule has 0 aromatic heterocycles. The van der Waals surface area contributed by atoms with Crippen molar-refractivity contribution in [1.29, 1.82) is 0 Å². The summed E-state index contributed by atoms with van der Waals surface area (Å²) in [5, 5.41) is 0. The fourth-order valence-corrected chi connectivity index (χ4v) is 0. The Kier molecular flexibility index (Phi) is 81.0. The molecule has 1 nitrogen and oxygen atoms in total. The molecule has 0 aliphatic rings. The first-order valence-corrected chi connectivity index (χ1v) is 0.866. The molecule has 0 N–H and O–H groups in total. The summed E-state index contributed by atoms with van der Waals surface area (Å²) in [4.78, 5) is 0. The van der Waals surface area contributed by atoms with Crippen molar-refractivity contribution in [3.05, 3.63) is 0 Å². The Bertz CT molecular complexity index is 8.00. The van der Waals surface area contributed by atoms with Gasteiger partial charge in [-0.25, -0.2) is 0 Å². The van der Waals surface area contributed by atoms with E-state index in [1.807, 2.05) is 0 Å². The van der Waals surface area contributed by atoms with Gasteiger partial charge in [0.15, 0.2) is 0 Å². The van der Waals surface area contributed by atoms with Crippen LogP contribution in [0.25, 0.3) is 0 Å². The van der Waals surface area contributed by atoms with Gasteiger partial charge in [0.05, 0.1) is 0 Å². The second-order valence-corrected chi connectivity index (χ2v) is 0. The van der Waals surface area contributed by atoms with Gasteiger partial charge in [0, 0.05) is 32.7 Å². The molecule has 0 bridgehead atoms. The predicted molar refractivity (Wildman–Crippen MR) is 17.8 cm³/mol. The Morgan fingerprint density at radius 2 is 1.25 bits per heavy atom. The predicted octanol–water partition coefficient (Wildman–Crippen LogP) is -1.95. The molecule has 1 radical (unpaired) electrons. The quantitative estimate of drug-likeness (QED) is 0.420. The van der Waals surface area contributed by atoms with E-state index in [1.165, 1.54) is 0 Å². The molecule has 0 spiro atoms. The van der Waals surface area contributed by atoms with Crippen molar-refractivity contribution in [2.75, 3.05) is 0 Å². The molecule has 0 saturated heterocycles. The van der Waals surface area contributed by atoms with Gasteiger partial charge in [-0.1, -0.05) is 0 Å². The molecule has 0 aromatic carbocycles. The molecule has 0 unspecified atom stereocenters. The first-order valence-electron chi connectivity index (χ1n) is 0.289. The molecule has 0 saturated carbocycles. The molecular weight excluding hydrogens is 202 g/mol. The van der Waals surface area contributed by atoms with Gasteiger partial charge < -0.3 is 0 Å². The molecule has 0 heterocycles. The second-order valence-electron chi connectivity index (χ2n) is 0. The molecule has 4 heavy (non-hydrogen) atoms. The normalized spacial score (nSPS) is 0.750. The largest absolute Gasteiger partial charge is 0 e. The molecule has 0 amide bonds. The Labute approximate surface area is 71.5 Å². The third kappa shape index (κ3) is 8.95. The van der Waals surface area contributed by atoms with Crippen molar-refractivity contribution in [1.82, 2.24) is 0 Å². The minimum absolute atomic E-state index is 0. The minimum Gasteiger partial charge on any atom is 0 e. The van der Waals surface area contributed by atoms with Crippen LogP contribution in [0.2, 0.25) is 0 Å². The van der Waals surface area contributed by atoms with Crippen LogP contribution in [0, 0.1) is 0 Å². The molecule has 19 valence electrons. The topological polar surface area (TPSA) is 17.1 Å². The third-order valence-corrected chi connectivity index (χ3v) is 0. The van der Waals surface area contributed by atoms with E-state index < -0.39 is 0 Å². The Morgan fingerprint density at radius 1 is 1.25 bits per heavy atom. The maximum atomic E-state index is 8.28. The first kappa shape index (κ1) is 16.6. The molecule has 0 fully saturated rings. The van der Waals surface area contributed by atoms with Gasteiger partial charge in [0.25, 0.3) is 0 Å². The van der Waals surface area contributed by atoms with Crippen LogP contribution in [0.4, 0.5) is 0 Å². The Balaban J connectivity index is -0.00000000500. The van der Waals surface area contributed by atoms with E-state index in [1.54, 1.807) is 0 Å². The van der Waals surface area contributed by atoms with Gasteiger partial charge >= 0.3 is 39.8 Å². The summed E-state index contributed by atoms with van der Waals surface area (Å²) in [7, 11) is 0. The molecule has 0 aromatic rings. The zero-order valence-electron chi connectivity index (χ0n) is 1.69. The number of hydrogen-bond donors (Lipinski definition) is 0. The van der Waals surface area contributed by atoms with Crippen LogP contribution in [-0.2, 0) is 36.5 Å². The van der Waals surface area contributed by atoms with Gasteiger partial charge in [-0.3, -0.25) is 0 Å². The first-order chi connectivity index (χ1) is 1.00. The molecule has 0 aliphatic carbocycles. The minimum atomic E-state index is 0. The fourth-order valence-electron chi connectivity index (χ4n) is 0. The van der Waals surface area contributed by atoms with Gasteiger partial charge in [-0.05, 0) is 0 Å². The third-order valence-electron chi connectivity index (χ3n) is 0. The van der Waals surface area contributed by atoms with Crippen molar-refractivity contribution in [2.45, 2.75) is 0 Å². The summed E-state index contributed by atoms with van der Waals surface area (Å²) in [5.74, 6) is 0. The Hall–Kier alpha value is 2.07. The maximum absolute atomic E-state index is 8.28. The van der Waals surface area contributed by atoms with Crippen molar-refractivity contribution < 1.29 is 36.5 Å². The van der Waals surface area contributed by atoms with Gasteiger partial charge in [0.1, 0.15) is 0 Å². The van der Waals surface area contributed by atoms with E-state index in [0.717, 1.165) is 0 Å². The molecule has 0 atom stereocenters. The van der Waals surface area contributed by atoms with E-state index in [-0.39, 0.29) is 52.5 Å². The average molecular weight is 206 g/mol. The molecule has 4 heteroatoms. The van der Waals surface area contributed by atoms with Gasteiger partial charge in [0.2, 0.25) is 0 Å². The van der Waals surface area contributed by atoms with Gasteiger partial charge in [-0.15, -0.1) is 0 Å². The summed E-state index contributed by atoms with van der Waals surface area (Å²) < 4.78 is 8.28. The summed E-state index contributed by atoms with van der Waals surface area (Å²) in [6.45, 7) is 0. The van der Waals surface area contributed by atoms with Crippen molar-refractivity contribution in [2.24, 2.45) is 0 Å². The van der Waals surface area contributed by atoms with Crippen LogP contribution in [0.3, 0.4) is 0 Å². The van der Waals surface area contributed by atoms with E-state index >= 15 is 0 Å². The number of hydrogen-bond acceptors (Lipinski definition) is 1. The SMILES string of the molecule is [GaH3].[O]=[AlH].[Y]. The Morgan fingerprint density at radius 3 is 1.25 bits per heavy atom. The smallest absolute Gasteiger partial charge is 0 e. The van der Waals surface area contributed by atoms with E-state index in [9.17, 15) is 0 Å². The van der Waals surface area contributed by atoms with Crippen molar-refractivity contribution in [3.8, 4) is 0 Å². The van der Waals surface area contributed by atoms with Crippen LogP contribution in [0.1, 0.15) is 0 Å². The summed E-state index contributed by atoms with van der Waals surface area (Å²) in [5.41, 5.74) is 0.